The minimum absolute atomic E-state index is 0.129. The summed E-state index contributed by atoms with van der Waals surface area (Å²) in [6.45, 7) is 5.13. The number of imidazole rings is 1. The van der Waals surface area contributed by atoms with Crippen LogP contribution in [0.5, 0.6) is 0 Å². The lowest BCUT2D eigenvalue weighted by Crippen LogP contribution is -2.21. The van der Waals surface area contributed by atoms with Gasteiger partial charge in [-0.2, -0.15) is 5.10 Å². The van der Waals surface area contributed by atoms with Gasteiger partial charge in [-0.05, 0) is 37.6 Å². The van der Waals surface area contributed by atoms with Gasteiger partial charge in [0.25, 0.3) is 0 Å². The molecule has 1 N–H and O–H groups in total. The summed E-state index contributed by atoms with van der Waals surface area (Å²) in [5.41, 5.74) is 6.76. The molecule has 9 nitrogen and oxygen atoms in total. The highest BCUT2D eigenvalue weighted by molar-refractivity contribution is 6.04. The second-order valence-corrected chi connectivity index (χ2v) is 8.27. The van der Waals surface area contributed by atoms with Crippen molar-refractivity contribution in [1.29, 1.82) is 0 Å². The van der Waals surface area contributed by atoms with Gasteiger partial charge >= 0.3 is 5.69 Å². The summed E-state index contributed by atoms with van der Waals surface area (Å²) >= 11 is 0. The number of fused-ring (bicyclic) bond motifs is 3. The van der Waals surface area contributed by atoms with Crippen molar-refractivity contribution in [3.05, 3.63) is 64.6 Å². The molecule has 0 atom stereocenters. The molecule has 34 heavy (non-hydrogen) atoms. The summed E-state index contributed by atoms with van der Waals surface area (Å²) in [6.07, 6.45) is 5.52. The first kappa shape index (κ1) is 21.8. The third-order valence-corrected chi connectivity index (χ3v) is 6.21. The number of benzene rings is 1. The Bertz CT molecular complexity index is 1590. The van der Waals surface area contributed by atoms with E-state index in [1.54, 1.807) is 29.5 Å². The molecule has 0 aliphatic heterocycles. The molecule has 0 amide bonds. The maximum absolute atomic E-state index is 13.4. The van der Waals surface area contributed by atoms with E-state index in [2.05, 4.69) is 32.5 Å². The zero-order valence-corrected chi connectivity index (χ0v) is 20.0. The highest BCUT2D eigenvalue weighted by atomic mass is 16.5. The van der Waals surface area contributed by atoms with Crippen molar-refractivity contribution in [3.8, 4) is 16.8 Å². The molecule has 174 valence electrons. The standard InChI is InChI=1S/C25H27N7O2/c1-6-31-13-22(15(2)29-31)32-23-19-10-16(17-9-18(14-34-5)24(26-3)28-11-17)7-8-20(19)27-12-21(23)30(4)25(32)33/h7-13H,6,14H2,1-5H3,(H,26,28). The predicted molar refractivity (Wildman–Crippen MR) is 134 cm³/mol. The van der Waals surface area contributed by atoms with E-state index in [9.17, 15) is 4.79 Å². The molecule has 0 aliphatic rings. The number of nitrogens with one attached hydrogen (secondary N) is 1. The van der Waals surface area contributed by atoms with Crippen LogP contribution in [0.15, 0.2) is 47.7 Å². The second kappa shape index (κ2) is 8.42. The minimum Gasteiger partial charge on any atom is -0.380 e. The van der Waals surface area contributed by atoms with Gasteiger partial charge in [0.05, 0.1) is 40.7 Å². The van der Waals surface area contributed by atoms with Crippen molar-refractivity contribution in [2.24, 2.45) is 7.05 Å². The summed E-state index contributed by atoms with van der Waals surface area (Å²) in [4.78, 5) is 22.6. The third kappa shape index (κ3) is 3.36. The second-order valence-electron chi connectivity index (χ2n) is 8.27. The SMILES string of the molecule is CCn1cc(-n2c(=O)n(C)c3cnc4ccc(-c5cnc(NC)c(COC)c5)cc4c32)c(C)n1. The first-order valence-electron chi connectivity index (χ1n) is 11.2. The molecule has 0 aliphatic carbocycles. The van der Waals surface area contributed by atoms with Crippen LogP contribution < -0.4 is 11.0 Å². The van der Waals surface area contributed by atoms with Crippen molar-refractivity contribution in [3.63, 3.8) is 0 Å². The van der Waals surface area contributed by atoms with E-state index in [1.807, 2.05) is 50.1 Å². The Morgan fingerprint density at radius 2 is 1.94 bits per heavy atom. The van der Waals surface area contributed by atoms with Crippen LogP contribution in [0.25, 0.3) is 38.8 Å². The fourth-order valence-electron chi connectivity index (χ4n) is 4.45. The monoisotopic (exact) mass is 457 g/mol. The van der Waals surface area contributed by atoms with Crippen LogP contribution in [0, 0.1) is 6.92 Å². The molecule has 5 rings (SSSR count). The number of aryl methyl sites for hydroxylation is 3. The van der Waals surface area contributed by atoms with Crippen LogP contribution in [0.4, 0.5) is 5.82 Å². The summed E-state index contributed by atoms with van der Waals surface area (Å²) in [5.74, 6) is 0.788. The van der Waals surface area contributed by atoms with Gasteiger partial charge in [-0.3, -0.25) is 18.8 Å². The van der Waals surface area contributed by atoms with E-state index in [4.69, 9.17) is 4.74 Å². The molecule has 9 heteroatoms. The highest BCUT2D eigenvalue weighted by Crippen LogP contribution is 2.31. The van der Waals surface area contributed by atoms with E-state index in [1.165, 1.54) is 0 Å². The Labute approximate surface area is 196 Å². The maximum atomic E-state index is 13.4. The van der Waals surface area contributed by atoms with Crippen LogP contribution in [0.2, 0.25) is 0 Å². The van der Waals surface area contributed by atoms with E-state index in [0.717, 1.165) is 62.4 Å². The van der Waals surface area contributed by atoms with E-state index < -0.39 is 0 Å². The quantitative estimate of drug-likeness (QED) is 0.418. The molecule has 5 aromatic rings. The number of anilines is 1. The van der Waals surface area contributed by atoms with Crippen LogP contribution in [-0.2, 0) is 24.9 Å². The molecule has 4 heterocycles. The smallest absolute Gasteiger partial charge is 0.333 e. The molecule has 1 aromatic carbocycles. The zero-order valence-electron chi connectivity index (χ0n) is 20.0. The summed E-state index contributed by atoms with van der Waals surface area (Å²) in [6, 6.07) is 8.16. The molecule has 0 saturated carbocycles. The molecule has 0 spiro atoms. The van der Waals surface area contributed by atoms with Crippen LogP contribution in [0.3, 0.4) is 0 Å². The van der Waals surface area contributed by atoms with Gasteiger partial charge in [-0.1, -0.05) is 6.07 Å². The topological polar surface area (TPSA) is 91.8 Å². The van der Waals surface area contributed by atoms with Crippen LogP contribution in [-0.4, -0.2) is 43.0 Å². The molecule has 0 bridgehead atoms. The van der Waals surface area contributed by atoms with Crippen LogP contribution >= 0.6 is 0 Å². The van der Waals surface area contributed by atoms with E-state index in [-0.39, 0.29) is 5.69 Å². The van der Waals surface area contributed by atoms with Gasteiger partial charge in [0.1, 0.15) is 5.82 Å². The number of nitrogens with zero attached hydrogens (tertiary/aromatic N) is 6. The number of hydrogen-bond acceptors (Lipinski definition) is 6. The van der Waals surface area contributed by atoms with Crippen molar-refractivity contribution in [1.82, 2.24) is 28.9 Å². The summed E-state index contributed by atoms with van der Waals surface area (Å²) in [5, 5.41) is 8.56. The molecular formula is C25H27N7O2. The third-order valence-electron chi connectivity index (χ3n) is 6.21. The van der Waals surface area contributed by atoms with Gasteiger partial charge in [-0.25, -0.2) is 9.78 Å². The molecule has 4 aromatic heterocycles. The number of methoxy groups -OCH3 is 1. The van der Waals surface area contributed by atoms with Crippen molar-refractivity contribution in [2.45, 2.75) is 27.0 Å². The Morgan fingerprint density at radius 1 is 1.12 bits per heavy atom. The van der Waals surface area contributed by atoms with Crippen molar-refractivity contribution >= 4 is 27.8 Å². The molecular weight excluding hydrogens is 430 g/mol. The molecule has 0 saturated heterocycles. The average molecular weight is 458 g/mol. The number of ether oxygens (including phenoxy) is 1. The van der Waals surface area contributed by atoms with Crippen molar-refractivity contribution in [2.75, 3.05) is 19.5 Å². The normalized spacial score (nSPS) is 11.6. The van der Waals surface area contributed by atoms with E-state index >= 15 is 0 Å². The predicted octanol–water partition coefficient (Wildman–Crippen LogP) is 3.65. The Kier molecular flexibility index (Phi) is 5.41. The fraction of sp³-hybridized carbons (Fsp3) is 0.280. The minimum atomic E-state index is -0.129. The lowest BCUT2D eigenvalue weighted by atomic mass is 10.0. The fourth-order valence-corrected chi connectivity index (χ4v) is 4.45. The first-order chi connectivity index (χ1) is 16.5. The molecule has 0 unspecified atom stereocenters. The lowest BCUT2D eigenvalue weighted by molar-refractivity contribution is 0.185. The Balaban J connectivity index is 1.79. The zero-order chi connectivity index (χ0) is 24.0. The molecule has 0 fully saturated rings. The average Bonchev–Trinajstić information content (AvgIpc) is 3.35. The van der Waals surface area contributed by atoms with Gasteiger partial charge in [0.15, 0.2) is 0 Å². The number of hydrogen-bond donors (Lipinski definition) is 1. The highest BCUT2D eigenvalue weighted by Gasteiger charge is 2.19. The first-order valence-corrected chi connectivity index (χ1v) is 11.2. The lowest BCUT2D eigenvalue weighted by Gasteiger charge is -2.11. The maximum Gasteiger partial charge on any atom is 0.333 e. The number of aromatic nitrogens is 6. The largest absolute Gasteiger partial charge is 0.380 e. The van der Waals surface area contributed by atoms with Gasteiger partial charge < -0.3 is 10.1 Å². The van der Waals surface area contributed by atoms with Gasteiger partial charge in [0, 0.05) is 56.7 Å². The van der Waals surface area contributed by atoms with Crippen molar-refractivity contribution < 1.29 is 4.74 Å². The van der Waals surface area contributed by atoms with Crippen LogP contribution in [0.1, 0.15) is 18.2 Å². The van der Waals surface area contributed by atoms with E-state index in [0.29, 0.717) is 6.61 Å². The Hall–Kier alpha value is -3.98. The van der Waals surface area contributed by atoms with Gasteiger partial charge in [-0.15, -0.1) is 0 Å². The molecule has 0 radical (unpaired) electrons. The summed E-state index contributed by atoms with van der Waals surface area (Å²) in [7, 11) is 5.29. The summed E-state index contributed by atoms with van der Waals surface area (Å²) < 4.78 is 10.6. The number of pyridine rings is 2. The Morgan fingerprint density at radius 3 is 2.65 bits per heavy atom. The van der Waals surface area contributed by atoms with Gasteiger partial charge in [0.2, 0.25) is 0 Å². The number of rotatable bonds is 6.